The number of anilines is 3. The van der Waals surface area contributed by atoms with Crippen molar-refractivity contribution in [1.82, 2.24) is 0 Å². The molecule has 4 unspecified atom stereocenters. The van der Waals surface area contributed by atoms with Crippen LogP contribution in [0.15, 0.2) is 24.3 Å². The van der Waals surface area contributed by atoms with Crippen molar-refractivity contribution in [2.24, 2.45) is 0 Å². The molecule has 1 fully saturated rings. The first kappa shape index (κ1) is 50.9. The van der Waals surface area contributed by atoms with Crippen LogP contribution >= 0.6 is 7.82 Å². The molecule has 8 atom stereocenters. The number of hydrogen-bond donors (Lipinski definition) is 9. The zero-order valence-corrected chi connectivity index (χ0v) is 35.3. The van der Waals surface area contributed by atoms with Crippen LogP contribution in [0.3, 0.4) is 0 Å². The van der Waals surface area contributed by atoms with Crippen molar-refractivity contribution in [3.8, 4) is 0 Å². The van der Waals surface area contributed by atoms with E-state index in [2.05, 4.69) is 35.4 Å². The van der Waals surface area contributed by atoms with Crippen LogP contribution in [0, 0.1) is 10.1 Å². The lowest BCUT2D eigenvalue weighted by molar-refractivity contribution is -0.384. The lowest BCUT2D eigenvalue weighted by atomic mass is 9.85. The summed E-state index contributed by atoms with van der Waals surface area (Å²) in [6.45, 7) is 1.33. The van der Waals surface area contributed by atoms with Crippen molar-refractivity contribution >= 4 is 42.5 Å². The van der Waals surface area contributed by atoms with Crippen LogP contribution in [0.5, 0.6) is 0 Å². The third kappa shape index (κ3) is 17.9. The number of phosphoric acid groups is 1. The van der Waals surface area contributed by atoms with Gasteiger partial charge in [0.05, 0.1) is 17.2 Å². The fourth-order valence-corrected chi connectivity index (χ4v) is 7.64. The van der Waals surface area contributed by atoms with Gasteiger partial charge in [-0.25, -0.2) is 15.5 Å². The van der Waals surface area contributed by atoms with E-state index in [4.69, 9.17) is 23.5 Å². The molecule has 0 amide bonds. The Kier molecular flexibility index (Phi) is 23.3. The molecule has 20 nitrogen and oxygen atoms in total. The van der Waals surface area contributed by atoms with E-state index in [1.54, 1.807) is 0 Å². The Bertz CT molecular complexity index is 1520. The minimum atomic E-state index is -5.19. The number of esters is 2. The van der Waals surface area contributed by atoms with Gasteiger partial charge in [-0.15, -0.1) is 0 Å². The summed E-state index contributed by atoms with van der Waals surface area (Å²) in [5.41, 5.74) is 6.00. The maximum absolute atomic E-state index is 12.8. The summed E-state index contributed by atoms with van der Waals surface area (Å²) < 4.78 is 33.3. The minimum absolute atomic E-state index is 0.0720. The average Bonchev–Trinajstić information content (AvgIpc) is 3.72. The van der Waals surface area contributed by atoms with Gasteiger partial charge in [-0.2, -0.15) is 4.94 Å². The predicted molar refractivity (Wildman–Crippen MR) is 219 cm³/mol. The minimum Gasteiger partial charge on any atom is -0.462 e. The summed E-state index contributed by atoms with van der Waals surface area (Å²) in [4.78, 5) is 51.3. The number of phosphoric ester groups is 1. The number of benzene rings is 1. The lowest BCUT2D eigenvalue weighted by Crippen LogP contribution is -2.64. The SMILES string of the molecule is CCCCCCCC/C=C\CCCCCCCC(=O)OCC(COP(=O)(O)OC1[C@@H](O)[C@H](O)C(O)[C@H](O)[C@@H]1O)OC(=O)CCCCCNc1ccc([N+](=O)[O-])c2c1NON2. The van der Waals surface area contributed by atoms with Gasteiger partial charge < -0.3 is 45.2 Å². The van der Waals surface area contributed by atoms with Crippen molar-refractivity contribution in [3.05, 3.63) is 34.4 Å². The molecule has 0 bridgehead atoms. The van der Waals surface area contributed by atoms with Crippen molar-refractivity contribution in [2.45, 2.75) is 165 Å². The highest BCUT2D eigenvalue weighted by Gasteiger charge is 2.51. The van der Waals surface area contributed by atoms with Crippen molar-refractivity contribution in [1.29, 1.82) is 0 Å². The van der Waals surface area contributed by atoms with E-state index < -0.39 is 80.6 Å². The highest BCUT2D eigenvalue weighted by Crippen LogP contribution is 2.47. The van der Waals surface area contributed by atoms with Gasteiger partial charge >= 0.3 is 19.8 Å². The van der Waals surface area contributed by atoms with Crippen LogP contribution in [0.2, 0.25) is 0 Å². The molecule has 0 aromatic heterocycles. The number of unbranched alkanes of at least 4 members (excludes halogenated alkanes) is 13. The average molecular weight is 877 g/mol. The second-order valence-electron chi connectivity index (χ2n) is 15.1. The van der Waals surface area contributed by atoms with E-state index >= 15 is 0 Å². The fourth-order valence-electron chi connectivity index (χ4n) is 6.66. The van der Waals surface area contributed by atoms with Crippen molar-refractivity contribution < 1.29 is 73.0 Å². The Morgan fingerprint density at radius 1 is 0.800 bits per heavy atom. The van der Waals surface area contributed by atoms with Gasteiger partial charge in [0.1, 0.15) is 48.9 Å². The molecular weight excluding hydrogens is 811 g/mol. The van der Waals surface area contributed by atoms with E-state index in [1.165, 1.54) is 50.7 Å². The van der Waals surface area contributed by atoms with Crippen LogP contribution in [0.25, 0.3) is 0 Å². The molecule has 21 heteroatoms. The van der Waals surface area contributed by atoms with Crippen LogP contribution in [-0.4, -0.2) is 110 Å². The second kappa shape index (κ2) is 27.5. The smallest absolute Gasteiger partial charge is 0.462 e. The molecule has 60 heavy (non-hydrogen) atoms. The highest BCUT2D eigenvalue weighted by molar-refractivity contribution is 7.47. The number of rotatable bonds is 31. The summed E-state index contributed by atoms with van der Waals surface area (Å²) in [6, 6.07) is 2.87. The molecule has 1 aromatic carbocycles. The lowest BCUT2D eigenvalue weighted by Gasteiger charge is -2.41. The Morgan fingerprint density at radius 2 is 1.35 bits per heavy atom. The molecular formula is C39H65N4O16P. The van der Waals surface area contributed by atoms with Crippen molar-refractivity contribution in [2.75, 3.05) is 36.0 Å². The molecule has 1 aliphatic heterocycles. The number of fused-ring (bicyclic) bond motifs is 1. The molecule has 1 aromatic rings. The number of carbonyl (C=O) groups is 2. The third-order valence-corrected chi connectivity index (χ3v) is 11.2. The largest absolute Gasteiger partial charge is 0.472 e. The Morgan fingerprint density at radius 3 is 1.98 bits per heavy atom. The number of carbonyl (C=O) groups excluding carboxylic acids is 2. The molecule has 3 rings (SSSR count). The molecule has 342 valence electrons. The molecule has 2 aliphatic rings. The molecule has 1 saturated carbocycles. The number of nitro benzene ring substituents is 1. The van der Waals surface area contributed by atoms with Gasteiger partial charge in [0.15, 0.2) is 11.8 Å². The van der Waals surface area contributed by atoms with Gasteiger partial charge in [0.2, 0.25) is 0 Å². The van der Waals surface area contributed by atoms with E-state index in [1.807, 2.05) is 0 Å². The van der Waals surface area contributed by atoms with Gasteiger partial charge in [-0.3, -0.25) is 28.8 Å². The number of hydrogen-bond acceptors (Lipinski definition) is 18. The Balaban J connectivity index is 1.41. The fraction of sp³-hybridized carbons (Fsp3) is 0.744. The number of nitro groups is 1. The molecule has 9 N–H and O–H groups in total. The van der Waals surface area contributed by atoms with Gasteiger partial charge in [0.25, 0.3) is 5.69 Å². The molecule has 0 saturated heterocycles. The molecule has 1 aliphatic carbocycles. The van der Waals surface area contributed by atoms with Crippen LogP contribution in [-0.2, 0) is 37.6 Å². The highest BCUT2D eigenvalue weighted by atomic mass is 31.2. The Labute approximate surface area is 350 Å². The van der Waals surface area contributed by atoms with Gasteiger partial charge in [-0.05, 0) is 51.0 Å². The standard InChI is InChI=1S/C39H65N4O16P/c1-2-3-4-5-6-7-8-9-10-11-12-13-14-15-17-20-30(44)55-25-27(26-56-60(53,54)58-39-37(49)35(47)34(46)36(48)38(39)50)57-31(45)21-18-16-19-24-40-28-22-23-29(43(51)52)33-32(28)41-59-42-33/h9-10,22-23,27,34-42,46-50H,2-8,11-21,24-26H2,1H3,(H,53,54)/b10-9-/t27?,34?,35-,36+,37-,38-,39?/m0/s1. The summed E-state index contributed by atoms with van der Waals surface area (Å²) in [5, 5.41) is 64.5. The zero-order chi connectivity index (χ0) is 43.9. The van der Waals surface area contributed by atoms with Gasteiger partial charge in [-0.1, -0.05) is 76.9 Å². The maximum atomic E-state index is 12.8. The summed E-state index contributed by atoms with van der Waals surface area (Å²) >= 11 is 0. The van der Waals surface area contributed by atoms with Crippen LogP contribution in [0.1, 0.15) is 122 Å². The summed E-state index contributed by atoms with van der Waals surface area (Å²) in [6.07, 6.45) is 6.76. The first-order valence-electron chi connectivity index (χ1n) is 21.0. The van der Waals surface area contributed by atoms with E-state index in [-0.39, 0.29) is 24.2 Å². The molecule has 0 spiro atoms. The van der Waals surface area contributed by atoms with Gasteiger partial charge in [0, 0.05) is 25.5 Å². The van der Waals surface area contributed by atoms with E-state index in [9.17, 15) is 54.7 Å². The third-order valence-electron chi connectivity index (χ3n) is 10.2. The summed E-state index contributed by atoms with van der Waals surface area (Å²) in [7, 11) is -5.19. The van der Waals surface area contributed by atoms with Crippen LogP contribution < -0.4 is 16.3 Å². The number of allylic oxidation sites excluding steroid dienone is 2. The number of aliphatic hydroxyl groups is 5. The quantitative estimate of drug-likeness (QED) is 0.0118. The molecule has 0 radical (unpaired) electrons. The predicted octanol–water partition coefficient (Wildman–Crippen LogP) is 5.06. The van der Waals surface area contributed by atoms with E-state index in [0.29, 0.717) is 43.6 Å². The second-order valence-corrected chi connectivity index (χ2v) is 16.5. The van der Waals surface area contributed by atoms with Crippen LogP contribution in [0.4, 0.5) is 22.7 Å². The topological polar surface area (TPSA) is 298 Å². The van der Waals surface area contributed by atoms with E-state index in [0.717, 1.165) is 38.5 Å². The number of nitrogens with zero attached hydrogens (tertiary/aromatic N) is 1. The normalized spacial score (nSPS) is 22.6. The number of aliphatic hydroxyl groups excluding tert-OH is 5. The zero-order valence-electron chi connectivity index (χ0n) is 34.4. The Hall–Kier alpha value is -3.43. The molecule has 1 heterocycles. The first-order valence-corrected chi connectivity index (χ1v) is 22.5. The maximum Gasteiger partial charge on any atom is 0.472 e. The van der Waals surface area contributed by atoms with Crippen molar-refractivity contribution in [3.63, 3.8) is 0 Å². The summed E-state index contributed by atoms with van der Waals surface area (Å²) in [5.74, 6) is -1.30. The number of ether oxygens (including phenoxy) is 2. The first-order chi connectivity index (χ1) is 28.8. The number of nitrogens with one attached hydrogen (secondary N) is 3. The monoisotopic (exact) mass is 876 g/mol.